The summed E-state index contributed by atoms with van der Waals surface area (Å²) in [6.45, 7) is 8.04. The first kappa shape index (κ1) is 25.3. The van der Waals surface area contributed by atoms with Gasteiger partial charge in [-0.05, 0) is 30.0 Å². The van der Waals surface area contributed by atoms with Crippen LogP contribution in [-0.2, 0) is 6.42 Å². The first-order chi connectivity index (χ1) is 16.6. The van der Waals surface area contributed by atoms with E-state index in [9.17, 15) is 0 Å². The van der Waals surface area contributed by atoms with Gasteiger partial charge in [0.1, 0.15) is 8.07 Å². The van der Waals surface area contributed by atoms with Crippen molar-refractivity contribution in [1.29, 1.82) is 0 Å². The molecule has 35 heavy (non-hydrogen) atoms. The fraction of sp³-hybridized carbons (Fsp3) is 0.333. The second kappa shape index (κ2) is 10.1. The number of aromatic amines is 1. The van der Waals surface area contributed by atoms with Gasteiger partial charge >= 0.3 is 0 Å². The lowest BCUT2D eigenvalue weighted by molar-refractivity contribution is 0.0187. The highest BCUT2D eigenvalue weighted by Crippen LogP contribution is 2.42. The van der Waals surface area contributed by atoms with Crippen LogP contribution in [0.4, 0.5) is 8.78 Å². The highest BCUT2D eigenvalue weighted by molar-refractivity contribution is 7.04. The summed E-state index contributed by atoms with van der Waals surface area (Å²) >= 11 is 0. The highest BCUT2D eigenvalue weighted by Gasteiger charge is 2.53. The number of rotatable bonds is 9. The minimum atomic E-state index is -2.85. The number of H-pyrrole nitrogens is 1. The summed E-state index contributed by atoms with van der Waals surface area (Å²) in [5.41, 5.74) is 2.22. The predicted octanol–water partition coefficient (Wildman–Crippen LogP) is 6.39. The van der Waals surface area contributed by atoms with Crippen LogP contribution in [0.5, 0.6) is 0 Å². The molecule has 0 saturated heterocycles. The van der Waals surface area contributed by atoms with Gasteiger partial charge in [0.15, 0.2) is 0 Å². The molecule has 0 bridgehead atoms. The Bertz CT molecular complexity index is 1190. The maximum Gasteiger partial charge on any atom is 0.258 e. The summed E-state index contributed by atoms with van der Waals surface area (Å²) < 4.78 is 31.8. The van der Waals surface area contributed by atoms with Crippen LogP contribution < -0.4 is 15.7 Å². The summed E-state index contributed by atoms with van der Waals surface area (Å²) in [5.74, 6) is -2.85. The topological polar surface area (TPSA) is 27.8 Å². The lowest BCUT2D eigenvalue weighted by Crippen LogP contribution is -2.67. The van der Waals surface area contributed by atoms with E-state index in [0.717, 1.165) is 26.8 Å². The van der Waals surface area contributed by atoms with Gasteiger partial charge in [0.2, 0.25) is 0 Å². The van der Waals surface area contributed by atoms with Crippen molar-refractivity contribution in [3.05, 3.63) is 96.7 Å². The Hall–Kier alpha value is -2.76. The molecule has 0 aliphatic carbocycles. The quantitative estimate of drug-likeness (QED) is 0.262. The largest absolute Gasteiger partial charge is 0.361 e. The third-order valence-corrected chi connectivity index (χ3v) is 13.5. The van der Waals surface area contributed by atoms with Gasteiger partial charge in [0.05, 0.1) is 6.54 Å². The Morgan fingerprint density at radius 2 is 1.37 bits per heavy atom. The van der Waals surface area contributed by atoms with E-state index in [1.807, 2.05) is 92.0 Å². The molecule has 1 atom stereocenters. The molecule has 0 aliphatic heterocycles. The van der Waals surface area contributed by atoms with Crippen molar-refractivity contribution in [2.75, 3.05) is 6.54 Å². The minimum absolute atomic E-state index is 0.0702. The number of hydrogen-bond donors (Lipinski definition) is 2. The number of alkyl halides is 2. The molecule has 2 nitrogen and oxygen atoms in total. The molecule has 5 heteroatoms. The van der Waals surface area contributed by atoms with Crippen molar-refractivity contribution in [3.63, 3.8) is 0 Å². The zero-order chi connectivity index (χ0) is 25.1. The molecular weight excluding hydrogens is 454 g/mol. The monoisotopic (exact) mass is 490 g/mol. The van der Waals surface area contributed by atoms with E-state index in [0.29, 0.717) is 6.42 Å². The molecule has 0 spiro atoms. The number of hydrogen-bond acceptors (Lipinski definition) is 1. The third kappa shape index (κ3) is 5.41. The number of aromatic nitrogens is 1. The summed E-state index contributed by atoms with van der Waals surface area (Å²) in [5, 5.41) is 6.14. The van der Waals surface area contributed by atoms with Gasteiger partial charge in [-0.2, -0.15) is 0 Å². The molecule has 0 saturated carbocycles. The number of fused-ring (bicyclic) bond motifs is 1. The average molecular weight is 491 g/mol. The molecule has 0 aliphatic rings. The number of halogens is 2. The first-order valence-corrected chi connectivity index (χ1v) is 14.6. The maximum atomic E-state index is 15.9. The van der Waals surface area contributed by atoms with Gasteiger partial charge < -0.3 is 10.3 Å². The van der Waals surface area contributed by atoms with Crippen molar-refractivity contribution in [2.24, 2.45) is 0 Å². The van der Waals surface area contributed by atoms with Crippen LogP contribution in [0.3, 0.4) is 0 Å². The maximum absolute atomic E-state index is 15.9. The standard InChI is InChI=1S/C30H36F2N2Si/c1-23(19-24-20-33-28-18-12-11-17-27(24)28)34-21-30(31,32)22-35(29(2,3)4,25-13-7-5-8-14-25)26-15-9-6-10-16-26/h5-18,20,23,33-34H,19,21-22H2,1-4H3/t23-/m1/s1. The molecule has 0 unspecified atom stereocenters. The molecule has 4 rings (SSSR count). The van der Waals surface area contributed by atoms with E-state index < -0.39 is 14.0 Å². The van der Waals surface area contributed by atoms with E-state index in [1.54, 1.807) is 0 Å². The van der Waals surface area contributed by atoms with Crippen LogP contribution in [0, 0.1) is 0 Å². The molecular formula is C30H36F2N2Si. The Labute approximate surface area is 208 Å². The second-order valence-electron chi connectivity index (χ2n) is 10.8. The van der Waals surface area contributed by atoms with Crippen molar-refractivity contribution in [3.8, 4) is 0 Å². The summed E-state index contributed by atoms with van der Waals surface area (Å²) in [6.07, 6.45) is 2.68. The number of benzene rings is 3. The molecule has 4 aromatic rings. The molecule has 184 valence electrons. The van der Waals surface area contributed by atoms with Crippen LogP contribution in [0.2, 0.25) is 11.1 Å². The van der Waals surface area contributed by atoms with Crippen LogP contribution in [0.1, 0.15) is 33.3 Å². The first-order valence-electron chi connectivity index (χ1n) is 12.4. The minimum Gasteiger partial charge on any atom is -0.361 e. The SMILES string of the molecule is C[C@H](Cc1c[nH]c2ccccc12)NCC(F)(F)C[Si](c1ccccc1)(c1ccccc1)C(C)(C)C. The smallest absolute Gasteiger partial charge is 0.258 e. The molecule has 0 fully saturated rings. The van der Waals surface area contributed by atoms with Crippen molar-refractivity contribution >= 4 is 29.4 Å². The summed E-state index contributed by atoms with van der Waals surface area (Å²) in [4.78, 5) is 3.28. The molecule has 1 heterocycles. The number of para-hydroxylation sites is 1. The van der Waals surface area contributed by atoms with E-state index in [-0.39, 0.29) is 23.7 Å². The molecule has 3 aromatic carbocycles. The Kier molecular flexibility index (Phi) is 7.29. The van der Waals surface area contributed by atoms with Crippen molar-refractivity contribution < 1.29 is 8.78 Å². The van der Waals surface area contributed by atoms with Gasteiger partial charge in [0, 0.05) is 29.2 Å². The van der Waals surface area contributed by atoms with Crippen LogP contribution in [-0.4, -0.2) is 31.6 Å². The molecule has 2 N–H and O–H groups in total. The van der Waals surface area contributed by atoms with Gasteiger partial charge in [0.25, 0.3) is 5.92 Å². The van der Waals surface area contributed by atoms with Gasteiger partial charge in [-0.1, -0.05) is 110 Å². The van der Waals surface area contributed by atoms with E-state index in [4.69, 9.17) is 0 Å². The Morgan fingerprint density at radius 3 is 1.94 bits per heavy atom. The average Bonchev–Trinajstić information content (AvgIpc) is 3.24. The number of nitrogens with one attached hydrogen (secondary N) is 2. The molecule has 0 radical (unpaired) electrons. The summed E-state index contributed by atoms with van der Waals surface area (Å²) in [7, 11) is -2.85. The fourth-order valence-electron chi connectivity index (χ4n) is 5.42. The zero-order valence-corrected chi connectivity index (χ0v) is 22.1. The molecule has 0 amide bonds. The lowest BCUT2D eigenvalue weighted by Gasteiger charge is -2.46. The van der Waals surface area contributed by atoms with Crippen LogP contribution in [0.25, 0.3) is 10.9 Å². The fourth-order valence-corrected chi connectivity index (χ4v) is 10.9. The lowest BCUT2D eigenvalue weighted by atomic mass is 10.1. The molecule has 1 aromatic heterocycles. The van der Waals surface area contributed by atoms with Gasteiger partial charge in [-0.3, -0.25) is 0 Å². The normalized spacial score (nSPS) is 13.8. The zero-order valence-electron chi connectivity index (χ0n) is 21.1. The van der Waals surface area contributed by atoms with E-state index >= 15 is 8.78 Å². The van der Waals surface area contributed by atoms with E-state index in [2.05, 4.69) is 37.1 Å². The predicted molar refractivity (Wildman–Crippen MR) is 147 cm³/mol. The van der Waals surface area contributed by atoms with E-state index in [1.165, 1.54) is 0 Å². The van der Waals surface area contributed by atoms with Gasteiger partial charge in [-0.25, -0.2) is 8.78 Å². The van der Waals surface area contributed by atoms with Crippen molar-refractivity contribution in [2.45, 2.75) is 57.2 Å². The third-order valence-electron chi connectivity index (χ3n) is 7.25. The van der Waals surface area contributed by atoms with Gasteiger partial charge in [-0.15, -0.1) is 0 Å². The van der Waals surface area contributed by atoms with Crippen molar-refractivity contribution in [1.82, 2.24) is 10.3 Å². The summed E-state index contributed by atoms with van der Waals surface area (Å²) in [6, 6.07) is 27.9. The van der Waals surface area contributed by atoms with Crippen LogP contribution in [0.15, 0.2) is 91.1 Å². The highest BCUT2D eigenvalue weighted by atomic mass is 28.3. The second-order valence-corrected chi connectivity index (χ2v) is 15.6. The Morgan fingerprint density at radius 1 is 0.829 bits per heavy atom. The Balaban J connectivity index is 1.57. The van der Waals surface area contributed by atoms with Crippen LogP contribution >= 0.6 is 0 Å².